The van der Waals surface area contributed by atoms with Crippen LogP contribution < -0.4 is 9.62 Å². The fraction of sp³-hybridized carbons (Fsp3) is 0.257. The first-order valence-corrected chi connectivity index (χ1v) is 17.7. The molecule has 0 radical (unpaired) electrons. The number of hydrogen-bond acceptors (Lipinski definition) is 4. The molecule has 0 aliphatic heterocycles. The van der Waals surface area contributed by atoms with Crippen LogP contribution in [0, 0.1) is 5.82 Å². The van der Waals surface area contributed by atoms with Crippen LogP contribution in [0.3, 0.4) is 0 Å². The van der Waals surface area contributed by atoms with E-state index in [0.717, 1.165) is 47.7 Å². The van der Waals surface area contributed by atoms with Crippen molar-refractivity contribution in [2.45, 2.75) is 55.6 Å². The Hall–Kier alpha value is -3.63. The van der Waals surface area contributed by atoms with E-state index in [2.05, 4.69) is 5.32 Å². The van der Waals surface area contributed by atoms with Crippen LogP contribution in [0.5, 0.6) is 0 Å². The molecule has 1 N–H and O–H groups in total. The molecule has 47 heavy (non-hydrogen) atoms. The summed E-state index contributed by atoms with van der Waals surface area (Å²) in [6, 6.07) is 24.0. The second-order valence-corrected chi connectivity index (χ2v) is 14.5. The Morgan fingerprint density at radius 2 is 1.51 bits per heavy atom. The maximum Gasteiger partial charge on any atom is 0.264 e. The van der Waals surface area contributed by atoms with E-state index < -0.39 is 34.3 Å². The number of halogens is 4. The lowest BCUT2D eigenvalue weighted by molar-refractivity contribution is -0.140. The van der Waals surface area contributed by atoms with Crippen molar-refractivity contribution in [1.82, 2.24) is 10.2 Å². The molecule has 1 fully saturated rings. The van der Waals surface area contributed by atoms with Crippen LogP contribution in [-0.2, 0) is 32.6 Å². The number of nitrogens with one attached hydrogen (secondary N) is 1. The highest BCUT2D eigenvalue weighted by Crippen LogP contribution is 2.30. The van der Waals surface area contributed by atoms with Gasteiger partial charge >= 0.3 is 0 Å². The molecule has 0 spiro atoms. The number of nitrogens with zero attached hydrogens (tertiary/aromatic N) is 2. The molecule has 7 nitrogen and oxygen atoms in total. The summed E-state index contributed by atoms with van der Waals surface area (Å²) < 4.78 is 43.2. The van der Waals surface area contributed by atoms with Crippen LogP contribution in [0.4, 0.5) is 10.1 Å². The Labute approximate surface area is 289 Å². The number of benzene rings is 4. The summed E-state index contributed by atoms with van der Waals surface area (Å²) in [4.78, 5) is 29.9. The molecule has 0 bridgehead atoms. The Balaban J connectivity index is 1.59. The van der Waals surface area contributed by atoms with Gasteiger partial charge in [-0.25, -0.2) is 12.8 Å². The molecule has 4 aromatic rings. The van der Waals surface area contributed by atoms with Crippen molar-refractivity contribution in [3.63, 3.8) is 0 Å². The van der Waals surface area contributed by atoms with Crippen molar-refractivity contribution in [2.75, 3.05) is 10.8 Å². The van der Waals surface area contributed by atoms with Gasteiger partial charge in [0.2, 0.25) is 11.8 Å². The van der Waals surface area contributed by atoms with E-state index in [1.807, 2.05) is 30.3 Å². The summed E-state index contributed by atoms with van der Waals surface area (Å²) in [5, 5.41) is 3.48. The summed E-state index contributed by atoms with van der Waals surface area (Å²) in [7, 11) is -4.36. The molecular formula is C35H33Cl3FN3O4S. The van der Waals surface area contributed by atoms with E-state index in [1.54, 1.807) is 36.4 Å². The summed E-state index contributed by atoms with van der Waals surface area (Å²) in [6.45, 7) is -0.833. The largest absolute Gasteiger partial charge is 0.352 e. The van der Waals surface area contributed by atoms with Gasteiger partial charge in [0.05, 0.1) is 15.6 Å². The van der Waals surface area contributed by atoms with Gasteiger partial charge in [-0.1, -0.05) is 102 Å². The zero-order valence-corrected chi connectivity index (χ0v) is 28.4. The summed E-state index contributed by atoms with van der Waals surface area (Å²) in [5.74, 6) is -1.79. The predicted molar refractivity (Wildman–Crippen MR) is 184 cm³/mol. The SMILES string of the molecule is O=C(NC1CCCC1)[C@@H](Cc1ccccc1)N(Cc1ccc(Cl)cc1Cl)C(=O)CN(c1ccc(F)c(Cl)c1)S(=O)(=O)c1ccccc1. The third-order valence-electron chi connectivity index (χ3n) is 8.13. The van der Waals surface area contributed by atoms with E-state index in [4.69, 9.17) is 34.8 Å². The molecule has 4 aromatic carbocycles. The van der Waals surface area contributed by atoms with Gasteiger partial charge in [-0.3, -0.25) is 13.9 Å². The van der Waals surface area contributed by atoms with Crippen molar-refractivity contribution in [1.29, 1.82) is 0 Å². The number of carbonyl (C=O) groups excluding carboxylic acids is 2. The van der Waals surface area contributed by atoms with Gasteiger partial charge in [0.15, 0.2) is 0 Å². The number of sulfonamides is 1. The predicted octanol–water partition coefficient (Wildman–Crippen LogP) is 7.68. The average molecular weight is 717 g/mol. The second-order valence-electron chi connectivity index (χ2n) is 11.4. The maximum absolute atomic E-state index is 14.6. The van der Waals surface area contributed by atoms with Crippen molar-refractivity contribution in [3.05, 3.63) is 129 Å². The Morgan fingerprint density at radius 3 is 2.15 bits per heavy atom. The van der Waals surface area contributed by atoms with Crippen molar-refractivity contribution < 1.29 is 22.4 Å². The van der Waals surface area contributed by atoms with Crippen LogP contribution >= 0.6 is 34.8 Å². The second kappa shape index (κ2) is 15.5. The first-order valence-electron chi connectivity index (χ1n) is 15.1. The van der Waals surface area contributed by atoms with Gasteiger partial charge in [0.25, 0.3) is 10.0 Å². The number of anilines is 1. The summed E-state index contributed by atoms with van der Waals surface area (Å²) in [5.41, 5.74) is 1.30. The molecule has 1 aliphatic carbocycles. The molecular weight excluding hydrogens is 684 g/mol. The molecule has 246 valence electrons. The minimum atomic E-state index is -4.36. The fourth-order valence-electron chi connectivity index (χ4n) is 5.64. The van der Waals surface area contributed by atoms with E-state index in [0.29, 0.717) is 10.6 Å². The number of rotatable bonds is 12. The lowest BCUT2D eigenvalue weighted by Gasteiger charge is -2.34. The van der Waals surface area contributed by atoms with Gasteiger partial charge in [0.1, 0.15) is 18.4 Å². The minimum absolute atomic E-state index is 0.0203. The molecule has 0 heterocycles. The van der Waals surface area contributed by atoms with Gasteiger partial charge in [-0.05, 0) is 66.4 Å². The lowest BCUT2D eigenvalue weighted by atomic mass is 10.0. The maximum atomic E-state index is 14.6. The molecule has 1 atom stereocenters. The van der Waals surface area contributed by atoms with Crippen LogP contribution in [-0.4, -0.2) is 43.8 Å². The van der Waals surface area contributed by atoms with E-state index in [9.17, 15) is 22.4 Å². The normalized spacial score (nSPS) is 14.0. The summed E-state index contributed by atoms with van der Waals surface area (Å²) >= 11 is 18.8. The third-order valence-corrected chi connectivity index (χ3v) is 10.8. The highest BCUT2D eigenvalue weighted by atomic mass is 35.5. The smallest absolute Gasteiger partial charge is 0.264 e. The minimum Gasteiger partial charge on any atom is -0.352 e. The molecule has 0 aromatic heterocycles. The van der Waals surface area contributed by atoms with E-state index >= 15 is 0 Å². The van der Waals surface area contributed by atoms with Crippen molar-refractivity contribution >= 4 is 62.3 Å². The van der Waals surface area contributed by atoms with E-state index in [-0.39, 0.29) is 45.5 Å². The Morgan fingerprint density at radius 1 is 0.851 bits per heavy atom. The quantitative estimate of drug-likeness (QED) is 0.163. The number of hydrogen-bond donors (Lipinski definition) is 1. The highest BCUT2D eigenvalue weighted by molar-refractivity contribution is 7.92. The average Bonchev–Trinajstić information content (AvgIpc) is 3.57. The first kappa shape index (κ1) is 34.7. The molecule has 12 heteroatoms. The monoisotopic (exact) mass is 715 g/mol. The lowest BCUT2D eigenvalue weighted by Crippen LogP contribution is -2.54. The first-order chi connectivity index (χ1) is 22.5. The fourth-order valence-corrected chi connectivity index (χ4v) is 7.71. The molecule has 1 saturated carbocycles. The standard InChI is InChI=1S/C35H33Cl3FN3O4S/c36-26-16-15-25(30(37)20-26)22-41(33(19-24-9-3-1-4-10-24)35(44)40-27-11-7-8-12-27)34(43)23-42(28-17-18-32(39)31(38)21-28)47(45,46)29-13-5-2-6-14-29/h1-6,9-10,13-18,20-21,27,33H,7-8,11-12,19,22-23H2,(H,40,44)/t33-/m1/s1. The van der Waals surface area contributed by atoms with Gasteiger partial charge in [-0.2, -0.15) is 0 Å². The zero-order chi connectivity index (χ0) is 33.6. The number of carbonyl (C=O) groups is 2. The number of amides is 2. The molecule has 2 amide bonds. The third kappa shape index (κ3) is 8.65. The van der Waals surface area contributed by atoms with Gasteiger partial charge in [-0.15, -0.1) is 0 Å². The molecule has 5 rings (SSSR count). The molecule has 0 unspecified atom stereocenters. The highest BCUT2D eigenvalue weighted by Gasteiger charge is 2.36. The van der Waals surface area contributed by atoms with Crippen LogP contribution in [0.15, 0.2) is 102 Å². The molecule has 0 saturated heterocycles. The van der Waals surface area contributed by atoms with Gasteiger partial charge < -0.3 is 10.2 Å². The van der Waals surface area contributed by atoms with Crippen molar-refractivity contribution in [3.8, 4) is 0 Å². The topological polar surface area (TPSA) is 86.8 Å². The van der Waals surface area contributed by atoms with Gasteiger partial charge in [0, 0.05) is 29.1 Å². The molecule has 1 aliphatic rings. The Kier molecular flexibility index (Phi) is 11.5. The Bertz CT molecular complexity index is 1820. The van der Waals surface area contributed by atoms with Crippen LogP contribution in [0.25, 0.3) is 0 Å². The van der Waals surface area contributed by atoms with Crippen LogP contribution in [0.2, 0.25) is 15.1 Å². The van der Waals surface area contributed by atoms with Crippen LogP contribution in [0.1, 0.15) is 36.8 Å². The van der Waals surface area contributed by atoms with Crippen molar-refractivity contribution in [2.24, 2.45) is 0 Å². The van der Waals surface area contributed by atoms with E-state index in [1.165, 1.54) is 23.1 Å². The summed E-state index contributed by atoms with van der Waals surface area (Å²) in [6.07, 6.45) is 3.79. The zero-order valence-electron chi connectivity index (χ0n) is 25.3.